The Kier molecular flexibility index (Phi) is 4.62. The van der Waals surface area contributed by atoms with Crippen LogP contribution in [0.1, 0.15) is 25.0 Å². The minimum absolute atomic E-state index is 0.0227. The predicted molar refractivity (Wildman–Crippen MR) is 72.3 cm³/mol. The quantitative estimate of drug-likeness (QED) is 0.715. The molecule has 0 bridgehead atoms. The summed E-state index contributed by atoms with van der Waals surface area (Å²) in [5.74, 6) is 0. The number of aromatic nitrogens is 1. The van der Waals surface area contributed by atoms with Gasteiger partial charge in [0.05, 0.1) is 11.0 Å². The fourth-order valence-corrected chi connectivity index (χ4v) is 3.79. The molecule has 1 saturated carbocycles. The van der Waals surface area contributed by atoms with E-state index in [1.807, 2.05) is 7.05 Å². The number of methoxy groups -OCH3 is 1. The minimum Gasteiger partial charge on any atom is -0.380 e. The van der Waals surface area contributed by atoms with Crippen LogP contribution in [0.25, 0.3) is 0 Å². The molecule has 0 saturated heterocycles. The zero-order chi connectivity index (χ0) is 13.9. The molecule has 0 spiro atoms. The van der Waals surface area contributed by atoms with Crippen molar-refractivity contribution in [2.45, 2.75) is 42.8 Å². The molecule has 108 valence electrons. The van der Waals surface area contributed by atoms with Crippen LogP contribution in [0.15, 0.2) is 17.2 Å². The molecule has 19 heavy (non-hydrogen) atoms. The van der Waals surface area contributed by atoms with E-state index in [1.54, 1.807) is 13.2 Å². The van der Waals surface area contributed by atoms with Gasteiger partial charge in [0.1, 0.15) is 0 Å². The molecule has 2 atom stereocenters. The number of nitrogens with one attached hydrogen (secondary N) is 3. The van der Waals surface area contributed by atoms with E-state index in [9.17, 15) is 8.42 Å². The Labute approximate surface area is 114 Å². The summed E-state index contributed by atoms with van der Waals surface area (Å²) in [5, 5.41) is 2.97. The van der Waals surface area contributed by atoms with E-state index in [0.29, 0.717) is 6.54 Å². The summed E-state index contributed by atoms with van der Waals surface area (Å²) in [6.07, 6.45) is 4.22. The van der Waals surface area contributed by atoms with E-state index in [0.717, 1.165) is 25.0 Å². The van der Waals surface area contributed by atoms with E-state index in [1.165, 1.54) is 6.20 Å². The normalized spacial score (nSPS) is 23.9. The van der Waals surface area contributed by atoms with E-state index in [-0.39, 0.29) is 17.0 Å². The lowest BCUT2D eigenvalue weighted by atomic mass is 10.2. The molecular weight excluding hydrogens is 266 g/mol. The summed E-state index contributed by atoms with van der Waals surface area (Å²) in [4.78, 5) is 3.23. The van der Waals surface area contributed by atoms with Crippen LogP contribution in [0.4, 0.5) is 0 Å². The van der Waals surface area contributed by atoms with Crippen molar-refractivity contribution >= 4 is 10.0 Å². The van der Waals surface area contributed by atoms with Crippen molar-refractivity contribution in [3.05, 3.63) is 18.0 Å². The molecule has 1 aliphatic carbocycles. The van der Waals surface area contributed by atoms with E-state index in [4.69, 9.17) is 4.74 Å². The van der Waals surface area contributed by atoms with Gasteiger partial charge in [-0.25, -0.2) is 13.1 Å². The first-order valence-corrected chi connectivity index (χ1v) is 7.92. The van der Waals surface area contributed by atoms with Gasteiger partial charge >= 0.3 is 0 Å². The minimum atomic E-state index is -3.47. The molecule has 7 heteroatoms. The number of rotatable bonds is 6. The third-order valence-electron chi connectivity index (χ3n) is 3.46. The lowest BCUT2D eigenvalue weighted by Crippen LogP contribution is -2.40. The van der Waals surface area contributed by atoms with Gasteiger partial charge in [0.25, 0.3) is 0 Å². The van der Waals surface area contributed by atoms with E-state index >= 15 is 0 Å². The molecule has 2 unspecified atom stereocenters. The van der Waals surface area contributed by atoms with Crippen molar-refractivity contribution in [3.8, 4) is 0 Å². The molecule has 6 nitrogen and oxygen atoms in total. The van der Waals surface area contributed by atoms with Crippen molar-refractivity contribution in [1.82, 2.24) is 15.0 Å². The summed E-state index contributed by atoms with van der Waals surface area (Å²) < 4.78 is 32.6. The third kappa shape index (κ3) is 3.36. The van der Waals surface area contributed by atoms with Gasteiger partial charge in [-0.05, 0) is 32.4 Å². The Morgan fingerprint density at radius 2 is 2.26 bits per heavy atom. The monoisotopic (exact) mass is 287 g/mol. The van der Waals surface area contributed by atoms with Crippen LogP contribution in [-0.4, -0.2) is 39.7 Å². The highest BCUT2D eigenvalue weighted by atomic mass is 32.2. The van der Waals surface area contributed by atoms with Crippen molar-refractivity contribution in [1.29, 1.82) is 0 Å². The Morgan fingerprint density at radius 3 is 2.95 bits per heavy atom. The number of sulfonamides is 1. The first-order valence-electron chi connectivity index (χ1n) is 6.44. The molecule has 1 aromatic rings. The van der Waals surface area contributed by atoms with Gasteiger partial charge in [-0.1, -0.05) is 0 Å². The molecule has 0 aliphatic heterocycles. The Morgan fingerprint density at radius 1 is 1.47 bits per heavy atom. The van der Waals surface area contributed by atoms with Gasteiger partial charge in [0.15, 0.2) is 0 Å². The average Bonchev–Trinajstić information content (AvgIpc) is 2.98. The third-order valence-corrected chi connectivity index (χ3v) is 4.93. The molecule has 1 heterocycles. The highest BCUT2D eigenvalue weighted by molar-refractivity contribution is 7.89. The predicted octanol–water partition coefficient (Wildman–Crippen LogP) is 0.580. The summed E-state index contributed by atoms with van der Waals surface area (Å²) in [7, 11) is -0.0351. The van der Waals surface area contributed by atoms with Gasteiger partial charge in [-0.3, -0.25) is 0 Å². The average molecular weight is 287 g/mol. The van der Waals surface area contributed by atoms with Crippen LogP contribution in [0.3, 0.4) is 0 Å². The van der Waals surface area contributed by atoms with Crippen molar-refractivity contribution in [2.75, 3.05) is 14.2 Å². The highest BCUT2D eigenvalue weighted by Crippen LogP contribution is 2.23. The van der Waals surface area contributed by atoms with Gasteiger partial charge in [-0.15, -0.1) is 0 Å². The second-order valence-electron chi connectivity index (χ2n) is 4.82. The van der Waals surface area contributed by atoms with Gasteiger partial charge in [0, 0.05) is 31.6 Å². The van der Waals surface area contributed by atoms with Gasteiger partial charge in [-0.2, -0.15) is 0 Å². The lowest BCUT2D eigenvalue weighted by Gasteiger charge is -2.19. The number of H-pyrrole nitrogens is 1. The summed E-state index contributed by atoms with van der Waals surface area (Å²) >= 11 is 0. The Balaban J connectivity index is 2.08. The SMILES string of the molecule is CNCc1cc(S(=O)(=O)NC2CCCC2OC)c[nH]1. The first-order chi connectivity index (χ1) is 9.06. The van der Waals surface area contributed by atoms with Crippen LogP contribution in [0, 0.1) is 0 Å². The number of hydrogen-bond acceptors (Lipinski definition) is 4. The maximum atomic E-state index is 12.3. The second kappa shape index (κ2) is 6.04. The standard InChI is InChI=1S/C12H21N3O3S/c1-13-7-9-6-10(8-14-9)19(16,17)15-11-4-3-5-12(11)18-2/h6,8,11-15H,3-5,7H2,1-2H3. The topological polar surface area (TPSA) is 83.2 Å². The van der Waals surface area contributed by atoms with Crippen LogP contribution in [-0.2, 0) is 21.3 Å². The maximum absolute atomic E-state index is 12.3. The van der Waals surface area contributed by atoms with Crippen molar-refractivity contribution in [3.63, 3.8) is 0 Å². The molecule has 1 aromatic heterocycles. The zero-order valence-electron chi connectivity index (χ0n) is 11.3. The Hall–Kier alpha value is -0.890. The van der Waals surface area contributed by atoms with Crippen LogP contribution in [0.2, 0.25) is 0 Å². The van der Waals surface area contributed by atoms with Crippen molar-refractivity contribution in [2.24, 2.45) is 0 Å². The van der Waals surface area contributed by atoms with Gasteiger partial charge in [0.2, 0.25) is 10.0 Å². The number of ether oxygens (including phenoxy) is 1. The van der Waals surface area contributed by atoms with Crippen LogP contribution < -0.4 is 10.0 Å². The van der Waals surface area contributed by atoms with E-state index < -0.39 is 10.0 Å². The highest BCUT2D eigenvalue weighted by Gasteiger charge is 2.31. The molecule has 2 rings (SSSR count). The summed E-state index contributed by atoms with van der Waals surface area (Å²) in [6.45, 7) is 0.611. The smallest absolute Gasteiger partial charge is 0.242 e. The van der Waals surface area contributed by atoms with Gasteiger partial charge < -0.3 is 15.0 Å². The fourth-order valence-electron chi connectivity index (χ4n) is 2.48. The molecule has 3 N–H and O–H groups in total. The van der Waals surface area contributed by atoms with E-state index in [2.05, 4.69) is 15.0 Å². The fraction of sp³-hybridized carbons (Fsp3) is 0.667. The Bertz CT molecular complexity index is 512. The molecule has 0 amide bonds. The number of hydrogen-bond donors (Lipinski definition) is 3. The zero-order valence-corrected chi connectivity index (χ0v) is 12.1. The summed E-state index contributed by atoms with van der Waals surface area (Å²) in [5.41, 5.74) is 0.845. The van der Waals surface area contributed by atoms with Crippen LogP contribution in [0.5, 0.6) is 0 Å². The molecule has 1 aliphatic rings. The number of aromatic amines is 1. The van der Waals surface area contributed by atoms with Crippen molar-refractivity contribution < 1.29 is 13.2 Å². The summed E-state index contributed by atoms with van der Waals surface area (Å²) in [6, 6.07) is 1.52. The van der Waals surface area contributed by atoms with Crippen LogP contribution >= 0.6 is 0 Å². The second-order valence-corrected chi connectivity index (χ2v) is 6.54. The largest absolute Gasteiger partial charge is 0.380 e. The molecule has 0 aromatic carbocycles. The lowest BCUT2D eigenvalue weighted by molar-refractivity contribution is 0.0916. The molecular formula is C12H21N3O3S. The first kappa shape index (κ1) is 14.5. The molecule has 1 fully saturated rings. The molecule has 0 radical (unpaired) electrons. The maximum Gasteiger partial charge on any atom is 0.242 e.